The van der Waals surface area contributed by atoms with E-state index in [1.807, 2.05) is 0 Å². The van der Waals surface area contributed by atoms with Crippen molar-refractivity contribution in [1.29, 1.82) is 0 Å². The molecule has 23 heavy (non-hydrogen) atoms. The Kier molecular flexibility index (Phi) is 5.89. The number of nitrogens with one attached hydrogen (secondary N) is 1. The fraction of sp³-hybridized carbons (Fsp3) is 0.385. The molecular weight excluding hydrogens is 362 g/mol. The number of hydrogen-bond donors (Lipinski definition) is 2. The van der Waals surface area contributed by atoms with E-state index >= 15 is 0 Å². The van der Waals surface area contributed by atoms with E-state index in [9.17, 15) is 27.9 Å². The predicted molar refractivity (Wildman–Crippen MR) is 77.5 cm³/mol. The lowest BCUT2D eigenvalue weighted by Crippen LogP contribution is -2.62. The van der Waals surface area contributed by atoms with Gasteiger partial charge in [0, 0.05) is 10.7 Å². The number of amides is 1. The SMILES string of the molecule is COC(=O)[C@@](O)([C@@H](Cl)C(=O)Nc1cccc(Cl)c1C)C(F)(F)F. The van der Waals surface area contributed by atoms with Crippen LogP contribution in [-0.4, -0.2) is 41.2 Å². The minimum absolute atomic E-state index is 0.0857. The molecule has 0 heterocycles. The number of aliphatic hydroxyl groups is 1. The molecule has 0 bridgehead atoms. The number of carbonyl (C=O) groups excluding carboxylic acids is 2. The molecule has 1 aromatic carbocycles. The average Bonchev–Trinajstić information content (AvgIpc) is 2.48. The molecule has 0 saturated carbocycles. The standard InChI is InChI=1S/C13H12Cl2F3NO4/c1-6-7(14)4-3-5-8(6)19-10(20)9(15)12(22,11(21)23-2)13(16,17)18/h3-5,9,22H,1-2H3,(H,19,20)/t9-,12-/m0/s1. The molecule has 0 saturated heterocycles. The van der Waals surface area contributed by atoms with E-state index in [0.717, 1.165) is 0 Å². The van der Waals surface area contributed by atoms with E-state index in [2.05, 4.69) is 10.1 Å². The number of hydrogen-bond acceptors (Lipinski definition) is 4. The van der Waals surface area contributed by atoms with Gasteiger partial charge >= 0.3 is 12.1 Å². The maximum absolute atomic E-state index is 13.0. The first-order valence-corrected chi connectivity index (χ1v) is 6.85. The van der Waals surface area contributed by atoms with Crippen molar-refractivity contribution >= 4 is 40.8 Å². The van der Waals surface area contributed by atoms with Crippen molar-refractivity contribution in [3.8, 4) is 0 Å². The Balaban J connectivity index is 3.15. The first-order chi connectivity index (χ1) is 10.5. The molecule has 0 unspecified atom stereocenters. The normalized spacial score (nSPS) is 15.5. The molecule has 0 aromatic heterocycles. The minimum atomic E-state index is -5.52. The highest BCUT2D eigenvalue weighted by atomic mass is 35.5. The molecule has 2 N–H and O–H groups in total. The van der Waals surface area contributed by atoms with E-state index in [0.29, 0.717) is 12.7 Å². The number of alkyl halides is 4. The maximum Gasteiger partial charge on any atom is 0.430 e. The Hall–Kier alpha value is -1.51. The number of rotatable bonds is 4. The van der Waals surface area contributed by atoms with Gasteiger partial charge in [-0.25, -0.2) is 4.79 Å². The summed E-state index contributed by atoms with van der Waals surface area (Å²) in [6.07, 6.45) is -5.52. The molecule has 0 aliphatic carbocycles. The maximum atomic E-state index is 13.0. The zero-order chi connectivity index (χ0) is 18.0. The smallest absolute Gasteiger partial charge is 0.430 e. The molecular formula is C13H12Cl2F3NO4. The zero-order valence-electron chi connectivity index (χ0n) is 11.9. The van der Waals surface area contributed by atoms with Crippen LogP contribution in [0, 0.1) is 6.92 Å². The second kappa shape index (κ2) is 6.94. The summed E-state index contributed by atoms with van der Waals surface area (Å²) in [7, 11) is 0.627. The molecule has 2 atom stereocenters. The Morgan fingerprint density at radius 2 is 1.91 bits per heavy atom. The Morgan fingerprint density at radius 1 is 1.35 bits per heavy atom. The van der Waals surface area contributed by atoms with Crippen molar-refractivity contribution in [2.75, 3.05) is 12.4 Å². The van der Waals surface area contributed by atoms with Gasteiger partial charge in [-0.3, -0.25) is 4.79 Å². The summed E-state index contributed by atoms with van der Waals surface area (Å²) in [4.78, 5) is 23.3. The van der Waals surface area contributed by atoms with E-state index in [-0.39, 0.29) is 10.7 Å². The van der Waals surface area contributed by atoms with Gasteiger partial charge in [0.2, 0.25) is 5.91 Å². The lowest BCUT2D eigenvalue weighted by atomic mass is 9.97. The third kappa shape index (κ3) is 3.70. The lowest BCUT2D eigenvalue weighted by molar-refractivity contribution is -0.260. The van der Waals surface area contributed by atoms with Crippen LogP contribution in [0.25, 0.3) is 0 Å². The number of ether oxygens (including phenoxy) is 1. The molecule has 1 amide bonds. The number of anilines is 1. The van der Waals surface area contributed by atoms with Crippen molar-refractivity contribution in [2.24, 2.45) is 0 Å². The number of methoxy groups -OCH3 is 1. The molecule has 1 rings (SSSR count). The van der Waals surface area contributed by atoms with Gasteiger partial charge in [0.25, 0.3) is 5.60 Å². The first-order valence-electron chi connectivity index (χ1n) is 6.04. The fourth-order valence-corrected chi connectivity index (χ4v) is 2.09. The summed E-state index contributed by atoms with van der Waals surface area (Å²) in [6.45, 7) is 1.51. The minimum Gasteiger partial charge on any atom is -0.467 e. The number of esters is 1. The van der Waals surface area contributed by atoms with Crippen LogP contribution >= 0.6 is 23.2 Å². The zero-order valence-corrected chi connectivity index (χ0v) is 13.4. The Labute approximate surface area is 139 Å². The van der Waals surface area contributed by atoms with Gasteiger partial charge in [-0.1, -0.05) is 17.7 Å². The van der Waals surface area contributed by atoms with E-state index in [4.69, 9.17) is 23.2 Å². The number of benzene rings is 1. The fourth-order valence-electron chi connectivity index (χ4n) is 1.65. The molecule has 0 radical (unpaired) electrons. The second-order valence-electron chi connectivity index (χ2n) is 4.52. The van der Waals surface area contributed by atoms with Crippen LogP contribution in [0.4, 0.5) is 18.9 Å². The molecule has 0 aliphatic heterocycles. The highest BCUT2D eigenvalue weighted by Gasteiger charge is 2.67. The van der Waals surface area contributed by atoms with Crippen LogP contribution in [0.15, 0.2) is 18.2 Å². The monoisotopic (exact) mass is 373 g/mol. The third-order valence-corrected chi connectivity index (χ3v) is 3.97. The Bertz CT molecular complexity index is 624. The lowest BCUT2D eigenvalue weighted by Gasteiger charge is -2.30. The Morgan fingerprint density at radius 3 is 2.39 bits per heavy atom. The van der Waals surface area contributed by atoms with Gasteiger partial charge in [0.05, 0.1) is 7.11 Å². The van der Waals surface area contributed by atoms with E-state index < -0.39 is 29.0 Å². The van der Waals surface area contributed by atoms with Gasteiger partial charge in [-0.2, -0.15) is 13.2 Å². The molecule has 0 spiro atoms. The number of carbonyl (C=O) groups is 2. The highest BCUT2D eigenvalue weighted by molar-refractivity contribution is 6.35. The van der Waals surface area contributed by atoms with Gasteiger partial charge < -0.3 is 15.2 Å². The van der Waals surface area contributed by atoms with Crippen molar-refractivity contribution in [1.82, 2.24) is 0 Å². The molecule has 5 nitrogen and oxygen atoms in total. The predicted octanol–water partition coefficient (Wildman–Crippen LogP) is 2.66. The topological polar surface area (TPSA) is 75.6 Å². The van der Waals surface area contributed by atoms with Gasteiger partial charge in [0.1, 0.15) is 0 Å². The van der Waals surface area contributed by atoms with Crippen LogP contribution in [-0.2, 0) is 14.3 Å². The largest absolute Gasteiger partial charge is 0.467 e. The summed E-state index contributed by atoms with van der Waals surface area (Å²) in [6, 6.07) is 4.32. The van der Waals surface area contributed by atoms with Crippen LogP contribution in [0.1, 0.15) is 5.56 Å². The number of halogens is 5. The molecule has 0 fully saturated rings. The quantitative estimate of drug-likeness (QED) is 0.628. The van der Waals surface area contributed by atoms with Crippen molar-refractivity contribution < 1.29 is 32.6 Å². The summed E-state index contributed by atoms with van der Waals surface area (Å²) in [5, 5.41) is 9.31. The highest BCUT2D eigenvalue weighted by Crippen LogP contribution is 2.37. The molecule has 10 heteroatoms. The summed E-state index contributed by atoms with van der Waals surface area (Å²) in [5.74, 6) is -3.54. The van der Waals surface area contributed by atoms with Gasteiger partial charge in [-0.05, 0) is 24.6 Å². The first kappa shape index (κ1) is 19.5. The van der Waals surface area contributed by atoms with E-state index in [1.165, 1.54) is 25.1 Å². The van der Waals surface area contributed by atoms with Crippen LogP contribution in [0.3, 0.4) is 0 Å². The van der Waals surface area contributed by atoms with Crippen molar-refractivity contribution in [2.45, 2.75) is 24.1 Å². The van der Waals surface area contributed by atoms with Crippen LogP contribution < -0.4 is 5.32 Å². The summed E-state index contributed by atoms with van der Waals surface area (Å²) >= 11 is 11.2. The second-order valence-corrected chi connectivity index (χ2v) is 5.36. The molecule has 128 valence electrons. The van der Waals surface area contributed by atoms with Crippen molar-refractivity contribution in [3.63, 3.8) is 0 Å². The van der Waals surface area contributed by atoms with Gasteiger partial charge in [-0.15, -0.1) is 11.6 Å². The summed E-state index contributed by atoms with van der Waals surface area (Å²) in [5.41, 5.74) is -3.73. The molecule has 0 aliphatic rings. The van der Waals surface area contributed by atoms with Crippen LogP contribution in [0.5, 0.6) is 0 Å². The van der Waals surface area contributed by atoms with Gasteiger partial charge in [0.15, 0.2) is 5.38 Å². The summed E-state index contributed by atoms with van der Waals surface area (Å²) < 4.78 is 42.9. The third-order valence-electron chi connectivity index (χ3n) is 3.05. The molecule has 1 aromatic rings. The average molecular weight is 374 g/mol. The van der Waals surface area contributed by atoms with Crippen molar-refractivity contribution in [3.05, 3.63) is 28.8 Å². The van der Waals surface area contributed by atoms with Crippen LogP contribution in [0.2, 0.25) is 5.02 Å². The van der Waals surface area contributed by atoms with E-state index in [1.54, 1.807) is 0 Å².